The van der Waals surface area contributed by atoms with Crippen LogP contribution in [0.2, 0.25) is 0 Å². The summed E-state index contributed by atoms with van der Waals surface area (Å²) in [5.41, 5.74) is 5.52. The van der Waals surface area contributed by atoms with Gasteiger partial charge in [-0.25, -0.2) is 5.06 Å². The Bertz CT molecular complexity index is 173. The summed E-state index contributed by atoms with van der Waals surface area (Å²) in [7, 11) is 2.82. The average Bonchev–Trinajstić information content (AvgIpc) is 2.12. The Kier molecular flexibility index (Phi) is 4.90. The number of hydrogen-bond donors (Lipinski definition) is 2. The van der Waals surface area contributed by atoms with Crippen LogP contribution in [0.15, 0.2) is 0 Å². The van der Waals surface area contributed by atoms with E-state index in [4.69, 9.17) is 5.73 Å². The Morgan fingerprint density at radius 1 is 1.54 bits per heavy atom. The van der Waals surface area contributed by atoms with Gasteiger partial charge in [0.25, 0.3) is 5.91 Å². The van der Waals surface area contributed by atoms with Crippen molar-refractivity contribution in [1.82, 2.24) is 5.06 Å². The molecule has 0 saturated heterocycles. The summed E-state index contributed by atoms with van der Waals surface area (Å²) < 4.78 is 0. The van der Waals surface area contributed by atoms with Gasteiger partial charge >= 0.3 is 0 Å². The number of carbonyl (C=O) groups excluding carboxylic acids is 1. The molecule has 0 bridgehead atoms. The maximum absolute atomic E-state index is 11.3. The minimum atomic E-state index is -0.926. The third kappa shape index (κ3) is 3.30. The summed E-state index contributed by atoms with van der Waals surface area (Å²) in [6.45, 7) is 3.59. The van der Waals surface area contributed by atoms with E-state index in [0.29, 0.717) is 0 Å². The molecule has 0 aromatic carbocycles. The highest BCUT2D eigenvalue weighted by atomic mass is 16.7. The lowest BCUT2D eigenvalue weighted by Crippen LogP contribution is -2.50. The van der Waals surface area contributed by atoms with Crippen LogP contribution < -0.4 is 5.73 Å². The molecule has 0 aliphatic heterocycles. The smallest absolute Gasteiger partial charge is 0.265 e. The van der Waals surface area contributed by atoms with Crippen molar-refractivity contribution in [3.8, 4) is 0 Å². The number of hydroxylamine groups is 2. The summed E-state index contributed by atoms with van der Waals surface area (Å²) in [6.07, 6.45) is -0.842. The van der Waals surface area contributed by atoms with Gasteiger partial charge in [-0.15, -0.1) is 0 Å². The van der Waals surface area contributed by atoms with E-state index < -0.39 is 18.1 Å². The minimum absolute atomic E-state index is 0.0517. The van der Waals surface area contributed by atoms with Crippen molar-refractivity contribution in [2.75, 3.05) is 14.2 Å². The van der Waals surface area contributed by atoms with Gasteiger partial charge in [-0.2, -0.15) is 0 Å². The van der Waals surface area contributed by atoms with Crippen LogP contribution in [0.4, 0.5) is 0 Å². The highest BCUT2D eigenvalue weighted by molar-refractivity contribution is 5.81. The summed E-state index contributed by atoms with van der Waals surface area (Å²) in [6, 6.07) is -0.926. The molecule has 3 N–H and O–H groups in total. The predicted molar refractivity (Wildman–Crippen MR) is 48.6 cm³/mol. The number of rotatable bonds is 4. The third-order valence-electron chi connectivity index (χ3n) is 1.92. The van der Waals surface area contributed by atoms with E-state index in [2.05, 4.69) is 4.84 Å². The predicted octanol–water partition coefficient (Wildman–Crippen LogP) is -0.650. The van der Waals surface area contributed by atoms with E-state index in [1.807, 2.05) is 0 Å². The number of nitrogens with two attached hydrogens (primary N) is 1. The summed E-state index contributed by atoms with van der Waals surface area (Å²) >= 11 is 0. The Balaban J connectivity index is 4.25. The number of nitrogens with zero attached hydrogens (tertiary/aromatic N) is 1. The fourth-order valence-corrected chi connectivity index (χ4v) is 0.861. The monoisotopic (exact) mass is 190 g/mol. The molecule has 0 spiro atoms. The van der Waals surface area contributed by atoms with E-state index >= 15 is 0 Å². The van der Waals surface area contributed by atoms with Gasteiger partial charge in [0.15, 0.2) is 0 Å². The van der Waals surface area contributed by atoms with E-state index in [1.165, 1.54) is 14.2 Å². The zero-order valence-electron chi connectivity index (χ0n) is 8.52. The van der Waals surface area contributed by atoms with Crippen LogP contribution >= 0.6 is 0 Å². The van der Waals surface area contributed by atoms with E-state index in [-0.39, 0.29) is 5.92 Å². The van der Waals surface area contributed by atoms with Crippen molar-refractivity contribution in [2.24, 2.45) is 11.7 Å². The summed E-state index contributed by atoms with van der Waals surface area (Å²) in [5.74, 6) is -0.479. The second-order valence-corrected chi connectivity index (χ2v) is 3.28. The average molecular weight is 190 g/mol. The zero-order chi connectivity index (χ0) is 10.6. The lowest BCUT2D eigenvalue weighted by atomic mass is 10.00. The molecule has 0 heterocycles. The minimum Gasteiger partial charge on any atom is -0.391 e. The van der Waals surface area contributed by atoms with Crippen LogP contribution in [0.25, 0.3) is 0 Å². The molecule has 0 rings (SSSR count). The quantitative estimate of drug-likeness (QED) is 0.578. The lowest BCUT2D eigenvalue weighted by molar-refractivity contribution is -0.173. The van der Waals surface area contributed by atoms with Gasteiger partial charge in [-0.1, -0.05) is 13.8 Å². The Morgan fingerprint density at radius 2 is 2.00 bits per heavy atom. The van der Waals surface area contributed by atoms with Crippen LogP contribution in [-0.4, -0.2) is 42.4 Å². The number of carbonyl (C=O) groups is 1. The van der Waals surface area contributed by atoms with E-state index in [0.717, 1.165) is 5.06 Å². The van der Waals surface area contributed by atoms with E-state index in [1.54, 1.807) is 13.8 Å². The van der Waals surface area contributed by atoms with Crippen LogP contribution in [0, 0.1) is 5.92 Å². The zero-order valence-corrected chi connectivity index (χ0v) is 8.52. The fraction of sp³-hybridized carbons (Fsp3) is 0.875. The molecule has 0 unspecified atom stereocenters. The highest BCUT2D eigenvalue weighted by Gasteiger charge is 2.27. The van der Waals surface area contributed by atoms with Gasteiger partial charge < -0.3 is 10.8 Å². The third-order valence-corrected chi connectivity index (χ3v) is 1.92. The Labute approximate surface area is 78.4 Å². The molecular formula is C8H18N2O3. The maximum Gasteiger partial charge on any atom is 0.265 e. The van der Waals surface area contributed by atoms with Crippen LogP contribution in [-0.2, 0) is 9.63 Å². The fourth-order valence-electron chi connectivity index (χ4n) is 0.861. The molecule has 0 radical (unpaired) electrons. The molecule has 5 heteroatoms. The molecule has 0 fully saturated rings. The van der Waals surface area contributed by atoms with E-state index in [9.17, 15) is 9.90 Å². The maximum atomic E-state index is 11.3. The molecule has 0 saturated carbocycles. The first-order chi connectivity index (χ1) is 5.91. The molecule has 0 aromatic rings. The molecule has 0 aromatic heterocycles. The largest absolute Gasteiger partial charge is 0.391 e. The lowest BCUT2D eigenvalue weighted by Gasteiger charge is -2.24. The van der Waals surface area contributed by atoms with Gasteiger partial charge in [0, 0.05) is 7.05 Å². The normalized spacial score (nSPS) is 15.6. The highest BCUT2D eigenvalue weighted by Crippen LogP contribution is 2.06. The molecule has 1 amide bonds. The first-order valence-corrected chi connectivity index (χ1v) is 4.17. The van der Waals surface area contributed by atoms with Crippen molar-refractivity contribution in [3.63, 3.8) is 0 Å². The number of aliphatic hydroxyl groups is 1. The molecule has 13 heavy (non-hydrogen) atoms. The molecular weight excluding hydrogens is 172 g/mol. The number of amides is 1. The van der Waals surface area contributed by atoms with Crippen LogP contribution in [0.5, 0.6) is 0 Å². The van der Waals surface area contributed by atoms with Gasteiger partial charge in [-0.3, -0.25) is 9.63 Å². The molecule has 2 atom stereocenters. The Morgan fingerprint density at radius 3 is 2.31 bits per heavy atom. The Hall–Kier alpha value is -0.650. The van der Waals surface area contributed by atoms with Crippen molar-refractivity contribution in [1.29, 1.82) is 0 Å². The number of likely N-dealkylation sites (N-methyl/N-ethyl adjacent to an activating group) is 1. The molecule has 78 valence electrons. The van der Waals surface area contributed by atoms with Gasteiger partial charge in [-0.05, 0) is 5.92 Å². The van der Waals surface area contributed by atoms with Crippen molar-refractivity contribution >= 4 is 5.91 Å². The van der Waals surface area contributed by atoms with Gasteiger partial charge in [0.1, 0.15) is 6.04 Å². The van der Waals surface area contributed by atoms with Gasteiger partial charge in [0.05, 0.1) is 13.2 Å². The topological polar surface area (TPSA) is 75.8 Å². The first-order valence-electron chi connectivity index (χ1n) is 4.17. The molecule has 5 nitrogen and oxygen atoms in total. The van der Waals surface area contributed by atoms with Gasteiger partial charge in [0.2, 0.25) is 0 Å². The molecule has 0 aliphatic rings. The SMILES string of the molecule is CON(C)C(=O)[C@@H](N)[C@H](O)C(C)C. The summed E-state index contributed by atoms with van der Waals surface area (Å²) in [4.78, 5) is 16.0. The van der Waals surface area contributed by atoms with Crippen LogP contribution in [0.3, 0.4) is 0 Å². The molecule has 0 aliphatic carbocycles. The second kappa shape index (κ2) is 5.16. The van der Waals surface area contributed by atoms with Crippen molar-refractivity contribution in [3.05, 3.63) is 0 Å². The van der Waals surface area contributed by atoms with Crippen LogP contribution in [0.1, 0.15) is 13.8 Å². The standard InChI is InChI=1S/C8H18N2O3/c1-5(2)7(11)6(9)8(12)10(3)13-4/h5-7,11H,9H2,1-4H3/t6-,7+/m0/s1. The number of aliphatic hydroxyl groups excluding tert-OH is 1. The second-order valence-electron chi connectivity index (χ2n) is 3.28. The first kappa shape index (κ1) is 12.3. The summed E-state index contributed by atoms with van der Waals surface area (Å²) in [5, 5.41) is 10.5. The van der Waals surface area contributed by atoms with Crippen molar-refractivity contribution < 1.29 is 14.7 Å². The number of hydrogen-bond acceptors (Lipinski definition) is 4. The van der Waals surface area contributed by atoms with Crippen molar-refractivity contribution in [2.45, 2.75) is 26.0 Å².